The van der Waals surface area contributed by atoms with E-state index < -0.39 is 11.6 Å². The standard InChI is InChI=1S/C29H37N3O4/c1-5-24(23-11-7-8-12-25(23)36-20(2)3)30-26(33)19-31-27(34)29(17-9-6-10-18-29)32(28(31)35)22-15-13-21(4)14-16-22/h7-8,11-16,20,24H,5-6,9-10,17-19H2,1-4H3,(H,30,33). The molecule has 0 radical (unpaired) electrons. The number of aryl methyl sites for hydroxylation is 1. The molecule has 1 atom stereocenters. The summed E-state index contributed by atoms with van der Waals surface area (Å²) in [5.41, 5.74) is 1.76. The van der Waals surface area contributed by atoms with Gasteiger partial charge in [-0.3, -0.25) is 19.4 Å². The lowest BCUT2D eigenvalue weighted by Gasteiger charge is -2.38. The second kappa shape index (κ2) is 10.7. The van der Waals surface area contributed by atoms with E-state index in [9.17, 15) is 14.4 Å². The zero-order valence-corrected chi connectivity index (χ0v) is 21.8. The van der Waals surface area contributed by atoms with Gasteiger partial charge in [-0.05, 0) is 58.2 Å². The molecule has 7 heteroatoms. The lowest BCUT2D eigenvalue weighted by molar-refractivity contribution is -0.135. The van der Waals surface area contributed by atoms with E-state index in [0.717, 1.165) is 41.0 Å². The Labute approximate surface area is 213 Å². The largest absolute Gasteiger partial charge is 0.491 e. The third-order valence-electron chi connectivity index (χ3n) is 7.17. The van der Waals surface area contributed by atoms with E-state index in [4.69, 9.17) is 4.74 Å². The van der Waals surface area contributed by atoms with E-state index in [1.807, 2.05) is 76.2 Å². The Morgan fingerprint density at radius 3 is 2.33 bits per heavy atom. The van der Waals surface area contributed by atoms with Crippen molar-refractivity contribution in [3.63, 3.8) is 0 Å². The molecule has 1 unspecified atom stereocenters. The van der Waals surface area contributed by atoms with Gasteiger partial charge in [0.05, 0.1) is 12.1 Å². The van der Waals surface area contributed by atoms with Crippen molar-refractivity contribution in [2.24, 2.45) is 0 Å². The van der Waals surface area contributed by atoms with E-state index in [-0.39, 0.29) is 30.5 Å². The fourth-order valence-electron chi connectivity index (χ4n) is 5.42. The summed E-state index contributed by atoms with van der Waals surface area (Å²) < 4.78 is 5.95. The van der Waals surface area contributed by atoms with Crippen molar-refractivity contribution in [2.75, 3.05) is 11.4 Å². The maximum atomic E-state index is 13.7. The van der Waals surface area contributed by atoms with Crippen LogP contribution in [0.5, 0.6) is 5.75 Å². The first kappa shape index (κ1) is 25.7. The first-order valence-corrected chi connectivity index (χ1v) is 13.0. The minimum atomic E-state index is -0.910. The summed E-state index contributed by atoms with van der Waals surface area (Å²) in [5, 5.41) is 3.03. The van der Waals surface area contributed by atoms with Crippen LogP contribution in [0.3, 0.4) is 0 Å². The van der Waals surface area contributed by atoms with E-state index >= 15 is 0 Å². The van der Waals surface area contributed by atoms with Gasteiger partial charge in [-0.25, -0.2) is 4.79 Å². The molecule has 0 aromatic heterocycles. The average molecular weight is 492 g/mol. The SMILES string of the molecule is CCC(NC(=O)CN1C(=O)N(c2ccc(C)cc2)C2(CCCCC2)C1=O)c1ccccc1OC(C)C. The Hall–Kier alpha value is -3.35. The number of ether oxygens (including phenoxy) is 1. The maximum absolute atomic E-state index is 13.7. The molecule has 1 aliphatic carbocycles. The van der Waals surface area contributed by atoms with Crippen LogP contribution in [0.1, 0.15) is 76.5 Å². The summed E-state index contributed by atoms with van der Waals surface area (Å²) in [5.74, 6) is 0.0961. The van der Waals surface area contributed by atoms with Gasteiger partial charge in [-0.2, -0.15) is 0 Å². The van der Waals surface area contributed by atoms with Gasteiger partial charge in [0, 0.05) is 11.3 Å². The molecule has 36 heavy (non-hydrogen) atoms. The normalized spacial score (nSPS) is 18.1. The number of imide groups is 1. The Morgan fingerprint density at radius 2 is 1.69 bits per heavy atom. The molecular formula is C29H37N3O4. The van der Waals surface area contributed by atoms with Crippen LogP contribution >= 0.6 is 0 Å². The third kappa shape index (κ3) is 4.97. The lowest BCUT2D eigenvalue weighted by Crippen LogP contribution is -2.51. The number of hydrogen-bond acceptors (Lipinski definition) is 4. The van der Waals surface area contributed by atoms with Crippen molar-refractivity contribution in [3.8, 4) is 5.75 Å². The number of urea groups is 1. The molecule has 0 bridgehead atoms. The van der Waals surface area contributed by atoms with Crippen molar-refractivity contribution in [1.82, 2.24) is 10.2 Å². The molecule has 4 rings (SSSR count). The van der Waals surface area contributed by atoms with Gasteiger partial charge in [0.15, 0.2) is 0 Å². The topological polar surface area (TPSA) is 79.0 Å². The molecule has 4 amide bonds. The monoisotopic (exact) mass is 491 g/mol. The van der Waals surface area contributed by atoms with Crippen LogP contribution in [-0.4, -0.2) is 40.9 Å². The van der Waals surface area contributed by atoms with Crippen molar-refractivity contribution in [1.29, 1.82) is 0 Å². The first-order valence-electron chi connectivity index (χ1n) is 13.0. The van der Waals surface area contributed by atoms with Gasteiger partial charge in [0.2, 0.25) is 5.91 Å². The predicted molar refractivity (Wildman–Crippen MR) is 140 cm³/mol. The van der Waals surface area contributed by atoms with Crippen molar-refractivity contribution < 1.29 is 19.1 Å². The van der Waals surface area contributed by atoms with Gasteiger partial charge in [0.1, 0.15) is 17.8 Å². The second-order valence-corrected chi connectivity index (χ2v) is 10.2. The predicted octanol–water partition coefficient (Wildman–Crippen LogP) is 5.52. The number of benzene rings is 2. The van der Waals surface area contributed by atoms with Gasteiger partial charge >= 0.3 is 6.03 Å². The van der Waals surface area contributed by atoms with E-state index in [0.29, 0.717) is 24.9 Å². The highest BCUT2D eigenvalue weighted by atomic mass is 16.5. The Bertz CT molecular complexity index is 1110. The Kier molecular flexibility index (Phi) is 7.67. The molecule has 2 aliphatic rings. The summed E-state index contributed by atoms with van der Waals surface area (Å²) in [6.45, 7) is 7.59. The number of amides is 4. The van der Waals surface area contributed by atoms with Gasteiger partial charge in [0.25, 0.3) is 5.91 Å². The third-order valence-corrected chi connectivity index (χ3v) is 7.17. The van der Waals surface area contributed by atoms with Crippen LogP contribution < -0.4 is 15.0 Å². The second-order valence-electron chi connectivity index (χ2n) is 10.2. The van der Waals surface area contributed by atoms with Crippen LogP contribution in [0, 0.1) is 6.92 Å². The van der Waals surface area contributed by atoms with Crippen LogP contribution in [-0.2, 0) is 9.59 Å². The van der Waals surface area contributed by atoms with Gasteiger partial charge in [-0.1, -0.05) is 62.1 Å². The summed E-state index contributed by atoms with van der Waals surface area (Å²) >= 11 is 0. The van der Waals surface area contributed by atoms with Crippen molar-refractivity contribution >= 4 is 23.5 Å². The summed E-state index contributed by atoms with van der Waals surface area (Å²) in [7, 11) is 0. The highest BCUT2D eigenvalue weighted by molar-refractivity contribution is 6.18. The van der Waals surface area contributed by atoms with Crippen LogP contribution in [0.2, 0.25) is 0 Å². The van der Waals surface area contributed by atoms with Gasteiger partial charge < -0.3 is 10.1 Å². The van der Waals surface area contributed by atoms with Gasteiger partial charge in [-0.15, -0.1) is 0 Å². The summed E-state index contributed by atoms with van der Waals surface area (Å²) in [4.78, 5) is 43.4. The molecule has 192 valence electrons. The maximum Gasteiger partial charge on any atom is 0.332 e. The molecule has 1 spiro atoms. The molecule has 7 nitrogen and oxygen atoms in total. The molecule has 2 aromatic carbocycles. The first-order chi connectivity index (χ1) is 17.3. The van der Waals surface area contributed by atoms with Crippen molar-refractivity contribution in [2.45, 2.75) is 83.9 Å². The van der Waals surface area contributed by atoms with E-state index in [1.54, 1.807) is 4.90 Å². The number of carbonyl (C=O) groups is 3. The highest BCUT2D eigenvalue weighted by Crippen LogP contribution is 2.43. The van der Waals surface area contributed by atoms with E-state index in [1.165, 1.54) is 0 Å². The average Bonchev–Trinajstić information content (AvgIpc) is 3.05. The fourth-order valence-corrected chi connectivity index (χ4v) is 5.42. The number of nitrogens with one attached hydrogen (secondary N) is 1. The van der Waals surface area contributed by atoms with Crippen LogP contribution in [0.25, 0.3) is 0 Å². The van der Waals surface area contributed by atoms with Crippen molar-refractivity contribution in [3.05, 3.63) is 59.7 Å². The number of anilines is 1. The number of carbonyl (C=O) groups excluding carboxylic acids is 3. The summed E-state index contributed by atoms with van der Waals surface area (Å²) in [6.07, 6.45) is 4.67. The van der Waals surface area contributed by atoms with E-state index in [2.05, 4.69) is 5.32 Å². The zero-order valence-electron chi connectivity index (χ0n) is 21.8. The molecule has 1 saturated carbocycles. The Morgan fingerprint density at radius 1 is 1.03 bits per heavy atom. The zero-order chi connectivity index (χ0) is 25.9. The molecule has 1 heterocycles. The molecule has 1 saturated heterocycles. The number of nitrogens with zero attached hydrogens (tertiary/aromatic N) is 2. The number of para-hydroxylation sites is 1. The lowest BCUT2D eigenvalue weighted by atomic mass is 9.80. The summed E-state index contributed by atoms with van der Waals surface area (Å²) in [6, 6.07) is 14.6. The van der Waals surface area contributed by atoms with Crippen LogP contribution in [0.4, 0.5) is 10.5 Å². The number of rotatable bonds is 8. The molecule has 2 fully saturated rings. The minimum Gasteiger partial charge on any atom is -0.491 e. The molecule has 1 aliphatic heterocycles. The fraction of sp³-hybridized carbons (Fsp3) is 0.483. The molecule has 2 aromatic rings. The molecule has 1 N–H and O–H groups in total. The number of hydrogen-bond donors (Lipinski definition) is 1. The highest BCUT2D eigenvalue weighted by Gasteiger charge is 2.58. The quantitative estimate of drug-likeness (QED) is 0.493. The van der Waals surface area contributed by atoms with Crippen LogP contribution in [0.15, 0.2) is 48.5 Å². The minimum absolute atomic E-state index is 0.00126. The molecular weight excluding hydrogens is 454 g/mol. The Balaban J connectivity index is 1.56. The smallest absolute Gasteiger partial charge is 0.332 e.